The summed E-state index contributed by atoms with van der Waals surface area (Å²) >= 11 is 0. The molecule has 1 aliphatic rings. The molecule has 0 bridgehead atoms. The van der Waals surface area contributed by atoms with Crippen molar-refractivity contribution >= 4 is 12.0 Å². The molecular weight excluding hydrogens is 572 g/mol. The highest BCUT2D eigenvalue weighted by Gasteiger charge is 2.39. The number of imidazole rings is 1. The van der Waals surface area contributed by atoms with E-state index in [1.807, 2.05) is 50.2 Å². The fourth-order valence-corrected chi connectivity index (χ4v) is 6.43. The fraction of sp³-hybridized carbons (Fsp3) is 0.359. The first-order valence-corrected chi connectivity index (χ1v) is 16.2. The highest BCUT2D eigenvalue weighted by atomic mass is 16.6. The summed E-state index contributed by atoms with van der Waals surface area (Å²) in [5.41, 5.74) is 5.27. The molecule has 7 heteroatoms. The van der Waals surface area contributed by atoms with E-state index in [4.69, 9.17) is 9.72 Å². The third-order valence-electron chi connectivity index (χ3n) is 8.72. The number of ether oxygens (including phenoxy) is 1. The molecule has 3 aromatic carbocycles. The topological polar surface area (TPSA) is 76.5 Å². The number of rotatable bonds is 10. The summed E-state index contributed by atoms with van der Waals surface area (Å²) < 4.78 is 7.81. The highest BCUT2D eigenvalue weighted by molar-refractivity contribution is 5.86. The average molecular weight is 619 g/mol. The molecule has 5 rings (SSSR count). The Labute approximate surface area is 273 Å². The number of carbonyl (C=O) groups excluding carboxylic acids is 2. The zero-order valence-corrected chi connectivity index (χ0v) is 27.5. The van der Waals surface area contributed by atoms with Crippen molar-refractivity contribution in [2.24, 2.45) is 0 Å². The van der Waals surface area contributed by atoms with Crippen molar-refractivity contribution in [1.82, 2.24) is 19.8 Å². The zero-order chi connectivity index (χ0) is 32.7. The van der Waals surface area contributed by atoms with Gasteiger partial charge in [-0.25, -0.2) is 9.78 Å². The molecule has 46 heavy (non-hydrogen) atoms. The Morgan fingerprint density at radius 2 is 1.37 bits per heavy atom. The maximum Gasteiger partial charge on any atom is 0.408 e. The van der Waals surface area contributed by atoms with Gasteiger partial charge in [0.05, 0.1) is 12.0 Å². The van der Waals surface area contributed by atoms with Crippen LogP contribution in [-0.4, -0.2) is 51.2 Å². The summed E-state index contributed by atoms with van der Waals surface area (Å²) in [4.78, 5) is 33.2. The second-order valence-electron chi connectivity index (χ2n) is 13.1. The maximum absolute atomic E-state index is 13.6. The lowest BCUT2D eigenvalue weighted by molar-refractivity contribution is -0.134. The van der Waals surface area contributed by atoms with E-state index in [9.17, 15) is 9.59 Å². The number of nitrogens with zero attached hydrogens (tertiary/aromatic N) is 3. The third-order valence-corrected chi connectivity index (χ3v) is 8.72. The number of likely N-dealkylation sites (tertiary alicyclic amines) is 1. The minimum Gasteiger partial charge on any atom is -0.444 e. The van der Waals surface area contributed by atoms with Crippen LogP contribution in [-0.2, 0) is 21.5 Å². The molecule has 2 amide bonds. The lowest BCUT2D eigenvalue weighted by Gasteiger charge is -2.38. The second kappa shape index (κ2) is 14.2. The third kappa shape index (κ3) is 7.25. The molecule has 4 aromatic rings. The van der Waals surface area contributed by atoms with Crippen molar-refractivity contribution in [3.63, 3.8) is 0 Å². The Kier molecular flexibility index (Phi) is 10.1. The van der Waals surface area contributed by atoms with Crippen LogP contribution in [0.25, 0.3) is 0 Å². The lowest BCUT2D eigenvalue weighted by Crippen LogP contribution is -2.51. The van der Waals surface area contributed by atoms with Gasteiger partial charge in [-0.3, -0.25) is 4.79 Å². The Balaban J connectivity index is 1.44. The van der Waals surface area contributed by atoms with Gasteiger partial charge in [0.15, 0.2) is 0 Å². The molecule has 1 atom stereocenters. The fourth-order valence-electron chi connectivity index (χ4n) is 6.43. The highest BCUT2D eigenvalue weighted by Crippen LogP contribution is 2.42. The van der Waals surface area contributed by atoms with Crippen molar-refractivity contribution < 1.29 is 14.3 Å². The Bertz CT molecular complexity index is 1520. The number of hydrogen-bond donors (Lipinski definition) is 1. The van der Waals surface area contributed by atoms with Crippen LogP contribution in [0.1, 0.15) is 74.5 Å². The largest absolute Gasteiger partial charge is 0.444 e. The maximum atomic E-state index is 13.6. The molecule has 1 N–H and O–H groups in total. The number of piperidine rings is 1. The van der Waals surface area contributed by atoms with Gasteiger partial charge < -0.3 is 19.5 Å². The molecule has 0 spiro atoms. The van der Waals surface area contributed by atoms with Crippen LogP contribution >= 0.6 is 0 Å². The van der Waals surface area contributed by atoms with E-state index in [0.717, 1.165) is 46.5 Å². The van der Waals surface area contributed by atoms with Crippen molar-refractivity contribution in [2.75, 3.05) is 13.1 Å². The van der Waals surface area contributed by atoms with Crippen molar-refractivity contribution in [2.45, 2.75) is 77.0 Å². The summed E-state index contributed by atoms with van der Waals surface area (Å²) in [5, 5.41) is 2.88. The SMILES string of the molecule is C=C1CCN(C(=O)[C@H](CCCc2ncn(C(c3ccccc3)(c3ccccc3)c3ccccc3)c2C)NC(=O)OC(C)(C)C)CC1. The summed E-state index contributed by atoms with van der Waals surface area (Å²) in [6.07, 6.45) is 4.74. The smallest absolute Gasteiger partial charge is 0.408 e. The molecule has 2 heterocycles. The Morgan fingerprint density at radius 1 is 0.870 bits per heavy atom. The molecule has 0 saturated carbocycles. The second-order valence-corrected chi connectivity index (χ2v) is 13.1. The summed E-state index contributed by atoms with van der Waals surface area (Å²) in [5.74, 6) is -0.0724. The number of nitrogens with one attached hydrogen (secondary N) is 1. The zero-order valence-electron chi connectivity index (χ0n) is 27.5. The molecule has 7 nitrogen and oxygen atoms in total. The van der Waals surface area contributed by atoms with Crippen LogP contribution in [0.3, 0.4) is 0 Å². The summed E-state index contributed by atoms with van der Waals surface area (Å²) in [6, 6.07) is 31.0. The molecule has 0 aliphatic carbocycles. The predicted molar refractivity (Wildman–Crippen MR) is 183 cm³/mol. The first-order chi connectivity index (χ1) is 22.1. The van der Waals surface area contributed by atoms with Crippen LogP contribution in [0.15, 0.2) is 109 Å². The van der Waals surface area contributed by atoms with Crippen LogP contribution in [0.5, 0.6) is 0 Å². The van der Waals surface area contributed by atoms with Crippen molar-refractivity contribution in [3.8, 4) is 0 Å². The first kappa shape index (κ1) is 32.7. The number of hydrogen-bond acceptors (Lipinski definition) is 4. The van der Waals surface area contributed by atoms with Gasteiger partial charge >= 0.3 is 6.09 Å². The van der Waals surface area contributed by atoms with Gasteiger partial charge in [0.25, 0.3) is 0 Å². The summed E-state index contributed by atoms with van der Waals surface area (Å²) in [6.45, 7) is 12.9. The van der Waals surface area contributed by atoms with E-state index in [1.54, 1.807) is 0 Å². The average Bonchev–Trinajstić information content (AvgIpc) is 3.41. The van der Waals surface area contributed by atoms with E-state index in [-0.39, 0.29) is 5.91 Å². The Hall–Kier alpha value is -4.65. The van der Waals surface area contributed by atoms with Gasteiger partial charge in [0.2, 0.25) is 5.91 Å². The van der Waals surface area contributed by atoms with E-state index in [2.05, 4.69) is 96.2 Å². The molecule has 0 unspecified atom stereocenters. The van der Waals surface area contributed by atoms with Gasteiger partial charge in [0, 0.05) is 18.8 Å². The number of benzene rings is 3. The monoisotopic (exact) mass is 618 g/mol. The van der Waals surface area contributed by atoms with Crippen molar-refractivity contribution in [1.29, 1.82) is 0 Å². The van der Waals surface area contributed by atoms with E-state index >= 15 is 0 Å². The van der Waals surface area contributed by atoms with E-state index in [1.165, 1.54) is 0 Å². The van der Waals surface area contributed by atoms with Gasteiger partial charge in [0.1, 0.15) is 17.2 Å². The van der Waals surface area contributed by atoms with Crippen molar-refractivity contribution in [3.05, 3.63) is 138 Å². The predicted octanol–water partition coefficient (Wildman–Crippen LogP) is 7.43. The van der Waals surface area contributed by atoms with Crippen LogP contribution in [0.4, 0.5) is 4.79 Å². The Morgan fingerprint density at radius 3 is 1.85 bits per heavy atom. The number of aromatic nitrogens is 2. The number of amides is 2. The van der Waals surface area contributed by atoms with Gasteiger partial charge in [-0.15, -0.1) is 0 Å². The van der Waals surface area contributed by atoms with E-state index < -0.39 is 23.3 Å². The number of aryl methyl sites for hydroxylation is 1. The molecule has 1 aromatic heterocycles. The van der Waals surface area contributed by atoms with Crippen LogP contribution in [0.2, 0.25) is 0 Å². The summed E-state index contributed by atoms with van der Waals surface area (Å²) in [7, 11) is 0. The molecular formula is C39H46N4O3. The van der Waals surface area contributed by atoms with Gasteiger partial charge in [-0.2, -0.15) is 0 Å². The molecule has 1 aliphatic heterocycles. The molecule has 1 saturated heterocycles. The van der Waals surface area contributed by atoms with Gasteiger partial charge in [-0.1, -0.05) is 103 Å². The minimum absolute atomic E-state index is 0.0724. The molecule has 0 radical (unpaired) electrons. The number of alkyl carbamates (subject to hydrolysis) is 1. The lowest BCUT2D eigenvalue weighted by atomic mass is 9.76. The van der Waals surface area contributed by atoms with Crippen LogP contribution < -0.4 is 5.32 Å². The molecule has 1 fully saturated rings. The number of carbonyl (C=O) groups is 2. The normalized spacial score (nSPS) is 14.5. The van der Waals surface area contributed by atoms with Crippen LogP contribution in [0, 0.1) is 6.92 Å². The standard InChI is InChI=1S/C39H46N4O3/c1-29-24-26-42(27-25-29)36(44)35(41-37(45)46-38(3,4)5)23-15-22-34-30(2)43(28-40-34)39(31-16-9-6-10-17-31,32-18-11-7-12-19-32)33-20-13-8-14-21-33/h6-14,16-21,28,35H,1,15,22-27H2,2-5H3,(H,41,45)/t35-/m0/s1. The van der Waals surface area contributed by atoms with E-state index in [0.29, 0.717) is 32.4 Å². The van der Waals surface area contributed by atoms with Gasteiger partial charge in [-0.05, 0) is 76.5 Å². The quantitative estimate of drug-likeness (QED) is 0.148. The minimum atomic E-state index is -0.680. The first-order valence-electron chi connectivity index (χ1n) is 16.2. The molecule has 240 valence electrons.